The summed E-state index contributed by atoms with van der Waals surface area (Å²) in [5, 5.41) is 10.2. The maximum atomic E-state index is 6.96. The minimum Gasteiger partial charge on any atom is -0.313 e. The van der Waals surface area contributed by atoms with E-state index in [0.29, 0.717) is 0 Å². The first-order valence-electron chi connectivity index (χ1n) is 4.71. The largest absolute Gasteiger partial charge is 0.313 e. The molecule has 2 N–H and O–H groups in total. The lowest BCUT2D eigenvalue weighted by atomic mass is 10.3. The van der Waals surface area contributed by atoms with E-state index in [4.69, 9.17) is 5.41 Å². The van der Waals surface area contributed by atoms with Crippen LogP contribution in [0.1, 0.15) is 34.1 Å². The van der Waals surface area contributed by atoms with Gasteiger partial charge in [-0.25, -0.2) is 0 Å². The highest BCUT2D eigenvalue weighted by Gasteiger charge is 1.87. The minimum atomic E-state index is 0.827. The van der Waals surface area contributed by atoms with Crippen molar-refractivity contribution in [2.45, 2.75) is 34.1 Å². The molecule has 0 aromatic carbocycles. The van der Waals surface area contributed by atoms with Crippen molar-refractivity contribution in [3.63, 3.8) is 0 Å². The van der Waals surface area contributed by atoms with E-state index in [9.17, 15) is 0 Å². The Labute approximate surface area is 76.6 Å². The zero-order chi connectivity index (χ0) is 9.82. The molecule has 0 aliphatic carbocycles. The highest BCUT2D eigenvalue weighted by molar-refractivity contribution is 5.75. The molecule has 0 saturated heterocycles. The number of hydrogen-bond donors (Lipinski definition) is 2. The van der Waals surface area contributed by atoms with Gasteiger partial charge in [-0.1, -0.05) is 26.8 Å². The third kappa shape index (κ3) is 9.37. The van der Waals surface area contributed by atoms with Gasteiger partial charge in [-0.05, 0) is 25.5 Å². The second-order valence-corrected chi connectivity index (χ2v) is 2.18. The lowest BCUT2D eigenvalue weighted by Crippen LogP contribution is -2.18. The van der Waals surface area contributed by atoms with Gasteiger partial charge in [-0.2, -0.15) is 0 Å². The molecule has 0 heterocycles. The van der Waals surface area contributed by atoms with Crippen molar-refractivity contribution in [3.8, 4) is 0 Å². The first kappa shape index (κ1) is 13.9. The molecule has 0 radical (unpaired) electrons. The summed E-state index contributed by atoms with van der Waals surface area (Å²) in [4.78, 5) is 0. The van der Waals surface area contributed by atoms with Crippen LogP contribution in [0, 0.1) is 5.41 Å². The lowest BCUT2D eigenvalue weighted by molar-refractivity contribution is 0.722. The molecule has 0 unspecified atom stereocenters. The van der Waals surface area contributed by atoms with Crippen LogP contribution in [0.3, 0.4) is 0 Å². The van der Waals surface area contributed by atoms with Gasteiger partial charge in [-0.15, -0.1) is 0 Å². The molecule has 12 heavy (non-hydrogen) atoms. The molecule has 0 amide bonds. The Kier molecular flexibility index (Phi) is 15.1. The molecule has 0 rings (SSSR count). The average molecular weight is 170 g/mol. The molecular weight excluding hydrogens is 148 g/mol. The fourth-order valence-electron chi connectivity index (χ4n) is 0.646. The van der Waals surface area contributed by atoms with E-state index < -0.39 is 0 Å². The molecule has 0 fully saturated rings. The Morgan fingerprint density at radius 1 is 1.42 bits per heavy atom. The van der Waals surface area contributed by atoms with Crippen LogP contribution in [0.5, 0.6) is 0 Å². The van der Waals surface area contributed by atoms with Gasteiger partial charge in [0.2, 0.25) is 0 Å². The molecule has 0 atom stereocenters. The van der Waals surface area contributed by atoms with Crippen LogP contribution in [0.4, 0.5) is 0 Å². The monoisotopic (exact) mass is 170 g/mol. The summed E-state index contributed by atoms with van der Waals surface area (Å²) >= 11 is 0. The Morgan fingerprint density at radius 3 is 2.33 bits per heavy atom. The van der Waals surface area contributed by atoms with Crippen molar-refractivity contribution >= 4 is 6.21 Å². The van der Waals surface area contributed by atoms with Crippen molar-refractivity contribution in [2.75, 3.05) is 13.1 Å². The van der Waals surface area contributed by atoms with E-state index in [1.165, 1.54) is 6.21 Å². The van der Waals surface area contributed by atoms with Gasteiger partial charge in [0.05, 0.1) is 0 Å². The summed E-state index contributed by atoms with van der Waals surface area (Å²) in [6.45, 7) is 9.94. The normalized spacial score (nSPS) is 10.2. The van der Waals surface area contributed by atoms with E-state index in [-0.39, 0.29) is 0 Å². The Bertz CT molecular complexity index is 117. The molecule has 2 heteroatoms. The SMILES string of the molecule is C/C=C(\C=N)CNCCC.CC. The Hall–Kier alpha value is -0.630. The zero-order valence-electron chi connectivity index (χ0n) is 8.78. The maximum Gasteiger partial charge on any atom is 0.0219 e. The predicted molar refractivity (Wildman–Crippen MR) is 57.0 cm³/mol. The van der Waals surface area contributed by atoms with Crippen LogP contribution in [0.2, 0.25) is 0 Å². The first-order valence-corrected chi connectivity index (χ1v) is 4.71. The van der Waals surface area contributed by atoms with Gasteiger partial charge in [0.1, 0.15) is 0 Å². The van der Waals surface area contributed by atoms with Gasteiger partial charge < -0.3 is 10.7 Å². The van der Waals surface area contributed by atoms with Gasteiger partial charge in [0, 0.05) is 12.8 Å². The quantitative estimate of drug-likeness (QED) is 0.483. The molecule has 72 valence electrons. The zero-order valence-corrected chi connectivity index (χ0v) is 8.78. The first-order chi connectivity index (χ1) is 5.85. The van der Waals surface area contributed by atoms with Crippen LogP contribution in [0.15, 0.2) is 11.6 Å². The number of hydrogen-bond acceptors (Lipinski definition) is 2. The third-order valence-corrected chi connectivity index (χ3v) is 1.31. The molecule has 0 aromatic heterocycles. The lowest BCUT2D eigenvalue weighted by Gasteiger charge is -2.00. The van der Waals surface area contributed by atoms with Crippen molar-refractivity contribution < 1.29 is 0 Å². The van der Waals surface area contributed by atoms with Crippen molar-refractivity contribution in [1.82, 2.24) is 5.32 Å². The summed E-state index contributed by atoms with van der Waals surface area (Å²) in [7, 11) is 0. The summed E-state index contributed by atoms with van der Waals surface area (Å²) in [5.41, 5.74) is 1.05. The van der Waals surface area contributed by atoms with E-state index in [0.717, 1.165) is 25.1 Å². The molecule has 0 bridgehead atoms. The van der Waals surface area contributed by atoms with E-state index in [1.807, 2.05) is 26.8 Å². The number of allylic oxidation sites excluding steroid dienone is 1. The van der Waals surface area contributed by atoms with E-state index in [1.54, 1.807) is 0 Å². The maximum absolute atomic E-state index is 6.96. The van der Waals surface area contributed by atoms with Crippen LogP contribution < -0.4 is 5.32 Å². The molecule has 2 nitrogen and oxygen atoms in total. The van der Waals surface area contributed by atoms with Gasteiger partial charge in [-0.3, -0.25) is 0 Å². The summed E-state index contributed by atoms with van der Waals surface area (Å²) in [6.07, 6.45) is 4.49. The van der Waals surface area contributed by atoms with Gasteiger partial charge >= 0.3 is 0 Å². The average Bonchev–Trinajstić information content (AvgIpc) is 2.16. The van der Waals surface area contributed by atoms with Crippen molar-refractivity contribution in [3.05, 3.63) is 11.6 Å². The van der Waals surface area contributed by atoms with Gasteiger partial charge in [0.15, 0.2) is 0 Å². The number of nitrogens with one attached hydrogen (secondary N) is 2. The Balaban J connectivity index is 0. The summed E-state index contributed by atoms with van der Waals surface area (Å²) in [5.74, 6) is 0. The van der Waals surface area contributed by atoms with Crippen LogP contribution >= 0.6 is 0 Å². The molecule has 0 aromatic rings. The second kappa shape index (κ2) is 13.0. The van der Waals surface area contributed by atoms with Crippen molar-refractivity contribution in [2.24, 2.45) is 0 Å². The van der Waals surface area contributed by atoms with E-state index >= 15 is 0 Å². The molecule has 0 spiro atoms. The molecule has 0 saturated carbocycles. The fraction of sp³-hybridized carbons (Fsp3) is 0.700. The second-order valence-electron chi connectivity index (χ2n) is 2.18. The van der Waals surface area contributed by atoms with Crippen molar-refractivity contribution in [1.29, 1.82) is 5.41 Å². The highest BCUT2D eigenvalue weighted by Crippen LogP contribution is 1.85. The summed E-state index contributed by atoms with van der Waals surface area (Å²) in [6, 6.07) is 0. The molecule has 0 aliphatic rings. The van der Waals surface area contributed by atoms with Crippen LogP contribution in [-0.2, 0) is 0 Å². The predicted octanol–water partition coefficient (Wildman–Crippen LogP) is 2.61. The minimum absolute atomic E-state index is 0.827. The van der Waals surface area contributed by atoms with E-state index in [2.05, 4.69) is 12.2 Å². The molecular formula is C10H22N2. The Morgan fingerprint density at radius 2 is 2.00 bits per heavy atom. The number of rotatable bonds is 5. The summed E-state index contributed by atoms with van der Waals surface area (Å²) < 4.78 is 0. The fourth-order valence-corrected chi connectivity index (χ4v) is 0.646. The molecule has 0 aliphatic heterocycles. The smallest absolute Gasteiger partial charge is 0.0219 e. The van der Waals surface area contributed by atoms with Gasteiger partial charge in [0.25, 0.3) is 0 Å². The third-order valence-electron chi connectivity index (χ3n) is 1.31. The standard InChI is InChI=1S/C8H16N2.C2H6/c1-3-5-10-7-8(4-2)6-9;1-2/h4,6,9-10H,3,5,7H2,1-2H3;1-2H3/b8-4+,9-6?;. The topological polar surface area (TPSA) is 35.9 Å². The highest BCUT2D eigenvalue weighted by atomic mass is 14.8. The van der Waals surface area contributed by atoms with Crippen LogP contribution in [0.25, 0.3) is 0 Å². The van der Waals surface area contributed by atoms with Crippen LogP contribution in [-0.4, -0.2) is 19.3 Å².